The second kappa shape index (κ2) is 8.88. The first-order valence-electron chi connectivity index (χ1n) is 9.84. The van der Waals surface area contributed by atoms with Gasteiger partial charge in [0.25, 0.3) is 0 Å². The smallest absolute Gasteiger partial charge is 0.243 e. The van der Waals surface area contributed by atoms with Crippen molar-refractivity contribution in [2.45, 2.75) is 44.0 Å². The van der Waals surface area contributed by atoms with Gasteiger partial charge in [-0.3, -0.25) is 4.79 Å². The first kappa shape index (κ1) is 20.6. The van der Waals surface area contributed by atoms with Crippen LogP contribution in [0.1, 0.15) is 43.4 Å². The van der Waals surface area contributed by atoms with Crippen molar-refractivity contribution >= 4 is 15.9 Å². The average molecular weight is 401 g/mol. The summed E-state index contributed by atoms with van der Waals surface area (Å²) in [6.45, 7) is 4.76. The van der Waals surface area contributed by atoms with Gasteiger partial charge in [0.15, 0.2) is 0 Å². The van der Waals surface area contributed by atoms with Crippen LogP contribution in [-0.2, 0) is 14.8 Å². The van der Waals surface area contributed by atoms with E-state index in [0.717, 1.165) is 12.0 Å². The molecule has 1 heterocycles. The van der Waals surface area contributed by atoms with E-state index in [1.54, 1.807) is 30.3 Å². The lowest BCUT2D eigenvalue weighted by Crippen LogP contribution is -2.46. The van der Waals surface area contributed by atoms with Gasteiger partial charge in [-0.2, -0.15) is 4.31 Å². The number of rotatable bonds is 6. The molecule has 1 amide bonds. The molecule has 0 unspecified atom stereocenters. The molecule has 6 heteroatoms. The molecule has 5 nitrogen and oxygen atoms in total. The molecule has 0 bridgehead atoms. The molecule has 150 valence electrons. The van der Waals surface area contributed by atoms with Gasteiger partial charge >= 0.3 is 0 Å². The Kier molecular flexibility index (Phi) is 6.52. The van der Waals surface area contributed by atoms with Crippen molar-refractivity contribution in [1.82, 2.24) is 9.62 Å². The maximum Gasteiger partial charge on any atom is 0.243 e. The maximum absolute atomic E-state index is 12.9. The van der Waals surface area contributed by atoms with Crippen LogP contribution in [-0.4, -0.2) is 31.7 Å². The standard InChI is InChI=1S/C22H28N2O3S/c1-3-21(18-13-11-17(2)12-14-18)23-22(25)19-8-7-15-24(16-19)28(26,27)20-9-5-4-6-10-20/h4-6,9-14,19,21H,3,7-8,15-16H2,1-2H3,(H,23,25)/t19-,21+/m0/s1. The SMILES string of the molecule is CC[C@@H](NC(=O)[C@H]1CCCN(S(=O)(=O)c2ccccc2)C1)c1ccc(C)cc1. The fraction of sp³-hybridized carbons (Fsp3) is 0.409. The molecule has 1 aliphatic heterocycles. The van der Waals surface area contributed by atoms with Crippen molar-refractivity contribution in [3.05, 3.63) is 65.7 Å². The van der Waals surface area contributed by atoms with Crippen molar-refractivity contribution < 1.29 is 13.2 Å². The van der Waals surface area contributed by atoms with Gasteiger partial charge in [0, 0.05) is 13.1 Å². The average Bonchev–Trinajstić information content (AvgIpc) is 2.73. The topological polar surface area (TPSA) is 66.5 Å². The predicted molar refractivity (Wildman–Crippen MR) is 110 cm³/mol. The monoisotopic (exact) mass is 400 g/mol. The lowest BCUT2D eigenvalue weighted by Gasteiger charge is -2.32. The fourth-order valence-corrected chi connectivity index (χ4v) is 5.17. The van der Waals surface area contributed by atoms with E-state index >= 15 is 0 Å². The minimum absolute atomic E-state index is 0.0609. The Bertz CT molecular complexity index is 895. The number of piperidine rings is 1. The summed E-state index contributed by atoms with van der Waals surface area (Å²) < 4.78 is 27.2. The minimum Gasteiger partial charge on any atom is -0.349 e. The van der Waals surface area contributed by atoms with E-state index in [0.29, 0.717) is 19.4 Å². The molecular weight excluding hydrogens is 372 g/mol. The number of hydrogen-bond donors (Lipinski definition) is 1. The third-order valence-electron chi connectivity index (χ3n) is 5.34. The maximum atomic E-state index is 12.9. The number of carbonyl (C=O) groups excluding carboxylic acids is 1. The van der Waals surface area contributed by atoms with Gasteiger partial charge in [-0.15, -0.1) is 0 Å². The second-order valence-corrected chi connectivity index (χ2v) is 9.33. The Morgan fingerprint density at radius 1 is 1.14 bits per heavy atom. The van der Waals surface area contributed by atoms with E-state index in [2.05, 4.69) is 5.32 Å². The molecule has 2 aromatic carbocycles. The summed E-state index contributed by atoms with van der Waals surface area (Å²) >= 11 is 0. The molecule has 0 aliphatic carbocycles. The van der Waals surface area contributed by atoms with E-state index in [4.69, 9.17) is 0 Å². The van der Waals surface area contributed by atoms with Crippen molar-refractivity contribution in [3.63, 3.8) is 0 Å². The highest BCUT2D eigenvalue weighted by atomic mass is 32.2. The second-order valence-electron chi connectivity index (χ2n) is 7.40. The number of hydrogen-bond acceptors (Lipinski definition) is 3. The van der Waals surface area contributed by atoms with E-state index < -0.39 is 10.0 Å². The number of benzene rings is 2. The number of amides is 1. The van der Waals surface area contributed by atoms with Crippen LogP contribution in [0.3, 0.4) is 0 Å². The summed E-state index contributed by atoms with van der Waals surface area (Å²) in [6.07, 6.45) is 2.18. The first-order valence-corrected chi connectivity index (χ1v) is 11.3. The number of aryl methyl sites for hydroxylation is 1. The number of nitrogens with zero attached hydrogens (tertiary/aromatic N) is 1. The van der Waals surface area contributed by atoms with Crippen LogP contribution in [0.4, 0.5) is 0 Å². The van der Waals surface area contributed by atoms with E-state index in [-0.39, 0.29) is 29.3 Å². The highest BCUT2D eigenvalue weighted by molar-refractivity contribution is 7.89. The quantitative estimate of drug-likeness (QED) is 0.805. The normalized spacial score (nSPS) is 19.1. The van der Waals surface area contributed by atoms with Crippen LogP contribution in [0.15, 0.2) is 59.5 Å². The molecular formula is C22H28N2O3S. The highest BCUT2D eigenvalue weighted by Gasteiger charge is 2.33. The van der Waals surface area contributed by atoms with E-state index in [1.807, 2.05) is 38.1 Å². The highest BCUT2D eigenvalue weighted by Crippen LogP contribution is 2.25. The van der Waals surface area contributed by atoms with Crippen LogP contribution < -0.4 is 5.32 Å². The van der Waals surface area contributed by atoms with Gasteiger partial charge < -0.3 is 5.32 Å². The zero-order valence-electron chi connectivity index (χ0n) is 16.5. The summed E-state index contributed by atoms with van der Waals surface area (Å²) in [5.74, 6) is -0.396. The van der Waals surface area contributed by atoms with Gasteiger partial charge in [0.1, 0.15) is 0 Å². The first-order chi connectivity index (χ1) is 13.4. The third kappa shape index (κ3) is 4.62. The third-order valence-corrected chi connectivity index (χ3v) is 7.22. The van der Waals surface area contributed by atoms with Gasteiger partial charge in [0.05, 0.1) is 16.9 Å². The van der Waals surface area contributed by atoms with Gasteiger partial charge in [-0.05, 0) is 43.9 Å². The molecule has 1 fully saturated rings. The van der Waals surface area contributed by atoms with Crippen LogP contribution in [0.5, 0.6) is 0 Å². The lowest BCUT2D eigenvalue weighted by molar-refractivity contribution is -0.126. The van der Waals surface area contributed by atoms with Gasteiger partial charge in [-0.25, -0.2) is 8.42 Å². The number of nitrogens with one attached hydrogen (secondary N) is 1. The van der Waals surface area contributed by atoms with Crippen LogP contribution >= 0.6 is 0 Å². The zero-order valence-corrected chi connectivity index (χ0v) is 17.3. The molecule has 0 radical (unpaired) electrons. The Hall–Kier alpha value is -2.18. The van der Waals surface area contributed by atoms with Gasteiger partial charge in [0.2, 0.25) is 15.9 Å². The minimum atomic E-state index is -3.57. The van der Waals surface area contributed by atoms with Crippen LogP contribution in [0, 0.1) is 12.8 Å². The Balaban J connectivity index is 1.69. The molecule has 0 spiro atoms. The molecule has 28 heavy (non-hydrogen) atoms. The van der Waals surface area contributed by atoms with Crippen molar-refractivity contribution in [2.24, 2.45) is 5.92 Å². The number of carbonyl (C=O) groups is 1. The Morgan fingerprint density at radius 2 is 1.82 bits per heavy atom. The molecule has 1 aliphatic rings. The molecule has 3 rings (SSSR count). The molecule has 0 saturated carbocycles. The summed E-state index contributed by atoms with van der Waals surface area (Å²) in [5, 5.41) is 3.12. The van der Waals surface area contributed by atoms with Crippen molar-refractivity contribution in [3.8, 4) is 0 Å². The lowest BCUT2D eigenvalue weighted by atomic mass is 9.97. The summed E-state index contributed by atoms with van der Waals surface area (Å²) in [6, 6.07) is 16.5. The molecule has 1 N–H and O–H groups in total. The fourth-order valence-electron chi connectivity index (χ4n) is 3.63. The van der Waals surface area contributed by atoms with Crippen LogP contribution in [0.2, 0.25) is 0 Å². The summed E-state index contributed by atoms with van der Waals surface area (Å²) in [7, 11) is -3.57. The largest absolute Gasteiger partial charge is 0.349 e. The predicted octanol–water partition coefficient (Wildman–Crippen LogP) is 3.66. The number of sulfonamides is 1. The zero-order chi connectivity index (χ0) is 20.1. The molecule has 2 aromatic rings. The van der Waals surface area contributed by atoms with Crippen molar-refractivity contribution in [1.29, 1.82) is 0 Å². The van der Waals surface area contributed by atoms with E-state index in [9.17, 15) is 13.2 Å². The van der Waals surface area contributed by atoms with Crippen LogP contribution in [0.25, 0.3) is 0 Å². The van der Waals surface area contributed by atoms with Crippen molar-refractivity contribution in [2.75, 3.05) is 13.1 Å². The molecule has 1 saturated heterocycles. The Labute approximate surface area is 167 Å². The van der Waals surface area contributed by atoms with E-state index in [1.165, 1.54) is 9.87 Å². The summed E-state index contributed by atoms with van der Waals surface area (Å²) in [4.78, 5) is 13.2. The Morgan fingerprint density at radius 3 is 2.46 bits per heavy atom. The summed E-state index contributed by atoms with van der Waals surface area (Å²) in [5.41, 5.74) is 2.25. The molecule has 2 atom stereocenters. The molecule has 0 aromatic heterocycles. The van der Waals surface area contributed by atoms with Gasteiger partial charge in [-0.1, -0.05) is 55.0 Å².